The molecule has 0 aromatic carbocycles. The first-order valence-electron chi connectivity index (χ1n) is 24.2. The number of esters is 1. The number of carboxylic acid groups (broad SMARTS) is 3. The highest BCUT2D eigenvalue weighted by Gasteiger charge is 2.39. The lowest BCUT2D eigenvalue weighted by Crippen LogP contribution is -2.33. The molecule has 0 aliphatic rings. The van der Waals surface area contributed by atoms with Crippen molar-refractivity contribution in [1.29, 1.82) is 0 Å². The number of rotatable bonds is 32. The monoisotopic (exact) mass is 917 g/mol. The molecule has 0 aliphatic carbocycles. The summed E-state index contributed by atoms with van der Waals surface area (Å²) in [7, 11) is 0. The molecule has 0 fully saturated rings. The van der Waals surface area contributed by atoms with E-state index in [9.17, 15) is 29.4 Å². The van der Waals surface area contributed by atoms with E-state index in [4.69, 9.17) is 9.84 Å². The molecule has 2 unspecified atom stereocenters. The second-order valence-corrected chi connectivity index (χ2v) is 19.3. The quantitative estimate of drug-likeness (QED) is 0.0448. The minimum Gasteiger partial charge on any atom is -0.481 e. The highest BCUT2D eigenvalue weighted by atomic mass is 16.5. The van der Waals surface area contributed by atoms with E-state index in [1.165, 1.54) is 44.6 Å². The molecule has 0 spiro atoms. The number of carbonyl (C=O) groups is 4. The molecule has 0 amide bonds. The predicted octanol–water partition coefficient (Wildman–Crippen LogP) is 16.7. The predicted molar refractivity (Wildman–Crippen MR) is 279 cm³/mol. The average molecular weight is 917 g/mol. The molecule has 66 heavy (non-hydrogen) atoms. The first kappa shape index (κ1) is 63.4. The molecule has 2 atom stereocenters. The van der Waals surface area contributed by atoms with Crippen molar-refractivity contribution >= 4 is 23.9 Å². The lowest BCUT2D eigenvalue weighted by atomic mass is 9.77. The molecular weight excluding hydrogens is 825 g/mol. The second kappa shape index (κ2) is 37.4. The molecule has 0 saturated carbocycles. The molecule has 0 rings (SSSR count). The summed E-state index contributed by atoms with van der Waals surface area (Å²) in [5.41, 5.74) is 11.3. The van der Waals surface area contributed by atoms with E-state index in [1.807, 2.05) is 32.1 Å². The van der Waals surface area contributed by atoms with Crippen LogP contribution in [0.5, 0.6) is 0 Å². The molecule has 3 N–H and O–H groups in total. The fourth-order valence-electron chi connectivity index (χ4n) is 6.77. The Morgan fingerprint density at radius 3 is 1.08 bits per heavy atom. The van der Waals surface area contributed by atoms with Crippen molar-refractivity contribution in [1.82, 2.24) is 0 Å². The number of carboxylic acids is 3. The molecule has 0 bridgehead atoms. The van der Waals surface area contributed by atoms with Crippen LogP contribution >= 0.6 is 0 Å². The van der Waals surface area contributed by atoms with E-state index >= 15 is 0 Å². The Balaban J connectivity index is 0. The number of allylic oxidation sites excluding steroid dienone is 18. The Kier molecular flexibility index (Phi) is 35.9. The van der Waals surface area contributed by atoms with Gasteiger partial charge in [-0.2, -0.15) is 0 Å². The zero-order chi connectivity index (χ0) is 50.7. The van der Waals surface area contributed by atoms with Crippen molar-refractivity contribution < 1.29 is 39.2 Å². The topological polar surface area (TPSA) is 138 Å². The van der Waals surface area contributed by atoms with Crippen LogP contribution in [0.2, 0.25) is 0 Å². The number of hydrogen-bond donors (Lipinski definition) is 3. The standard InChI is InChI=1S/2C29H46O4/c1-22(2)11-8-13-24(5)14-10-15-25(6)17-18-27(33-29(32)20-19-28(30)31)21-26(7)16-9-12-23(3)4;1-22(2)11-8-13-24(5)15-10-16-26(7)18-20-29(28(32)33,21-27(30)31)19-17-25(6)14-9-12-23(3)4/h11-12,14,17,21,27H,8-10,13,15-16,18-20H2,1-7H3,(H,30,31);11-12,15,17-18H,8-10,13-14,16,19-21H2,1-7H3,(H,30,31)(H,32,33). The van der Waals surface area contributed by atoms with E-state index in [2.05, 4.69) is 126 Å². The third-order valence-electron chi connectivity index (χ3n) is 11.0. The molecule has 8 heteroatoms. The average Bonchev–Trinajstić information content (AvgIpc) is 3.19. The highest BCUT2D eigenvalue weighted by molar-refractivity contribution is 5.82. The van der Waals surface area contributed by atoms with E-state index in [1.54, 1.807) is 0 Å². The Hall–Kier alpha value is -4.72. The summed E-state index contributed by atoms with van der Waals surface area (Å²) in [6, 6.07) is 0. The molecule has 8 nitrogen and oxygen atoms in total. The Bertz CT molecular complexity index is 1800. The van der Waals surface area contributed by atoms with E-state index in [0.29, 0.717) is 6.42 Å². The van der Waals surface area contributed by atoms with Gasteiger partial charge < -0.3 is 20.1 Å². The minimum atomic E-state index is -1.32. The van der Waals surface area contributed by atoms with Gasteiger partial charge in [-0.25, -0.2) is 0 Å². The minimum absolute atomic E-state index is 0.101. The Morgan fingerprint density at radius 2 is 0.742 bits per heavy atom. The van der Waals surface area contributed by atoms with Gasteiger partial charge in [-0.15, -0.1) is 0 Å². The SMILES string of the molecule is CC(C)=CCCC(C)=CCCC(C)=CCC(C=C(C)CCC=C(C)C)OC(=O)CCC(=O)O.CC(C)=CCCC(C)=CCCC(C)=CCC(CC=C(C)CCC=C(C)C)(CC(=O)O)C(=O)O. The van der Waals surface area contributed by atoms with Crippen LogP contribution in [-0.2, 0) is 23.9 Å². The number of ether oxygens (including phenoxy) is 1. The van der Waals surface area contributed by atoms with Gasteiger partial charge >= 0.3 is 23.9 Å². The summed E-state index contributed by atoms with van der Waals surface area (Å²) >= 11 is 0. The van der Waals surface area contributed by atoms with Gasteiger partial charge in [-0.1, -0.05) is 110 Å². The van der Waals surface area contributed by atoms with Crippen molar-refractivity contribution in [3.05, 3.63) is 116 Å². The van der Waals surface area contributed by atoms with Crippen LogP contribution in [0.15, 0.2) is 116 Å². The maximum Gasteiger partial charge on any atom is 0.310 e. The van der Waals surface area contributed by atoms with E-state index < -0.39 is 29.3 Å². The molecule has 372 valence electrons. The molecule has 0 radical (unpaired) electrons. The Labute approximate surface area is 402 Å². The highest BCUT2D eigenvalue weighted by Crippen LogP contribution is 2.34. The van der Waals surface area contributed by atoms with Crippen LogP contribution in [0.4, 0.5) is 0 Å². The molecule has 0 aromatic heterocycles. The van der Waals surface area contributed by atoms with Crippen LogP contribution in [-0.4, -0.2) is 45.3 Å². The second-order valence-electron chi connectivity index (χ2n) is 19.3. The smallest absolute Gasteiger partial charge is 0.310 e. The summed E-state index contributed by atoms with van der Waals surface area (Å²) in [5.74, 6) is -3.57. The number of aliphatic carboxylic acids is 3. The zero-order valence-electron chi connectivity index (χ0n) is 44.0. The van der Waals surface area contributed by atoms with Crippen LogP contribution in [0, 0.1) is 5.41 Å². The molecule has 0 aromatic rings. The van der Waals surface area contributed by atoms with E-state index in [0.717, 1.165) is 88.2 Å². The summed E-state index contributed by atoms with van der Waals surface area (Å²) in [6.45, 7) is 29.2. The van der Waals surface area contributed by atoms with Gasteiger partial charge in [0.15, 0.2) is 0 Å². The lowest BCUT2D eigenvalue weighted by molar-refractivity contribution is -0.155. The van der Waals surface area contributed by atoms with Gasteiger partial charge in [0.05, 0.1) is 24.7 Å². The van der Waals surface area contributed by atoms with Crippen LogP contribution < -0.4 is 0 Å². The van der Waals surface area contributed by atoms with Crippen molar-refractivity contribution in [3.8, 4) is 0 Å². The maximum absolute atomic E-state index is 12.2. The van der Waals surface area contributed by atoms with E-state index in [-0.39, 0.29) is 38.2 Å². The van der Waals surface area contributed by atoms with Crippen LogP contribution in [0.3, 0.4) is 0 Å². The fraction of sp³-hybridized carbons (Fsp3) is 0.586. The third kappa shape index (κ3) is 38.5. The third-order valence-corrected chi connectivity index (χ3v) is 11.0. The van der Waals surface area contributed by atoms with Crippen LogP contribution in [0.25, 0.3) is 0 Å². The zero-order valence-corrected chi connectivity index (χ0v) is 44.0. The Morgan fingerprint density at radius 1 is 0.409 bits per heavy atom. The van der Waals surface area contributed by atoms with Gasteiger partial charge in [-0.3, -0.25) is 19.2 Å². The summed E-state index contributed by atoms with van der Waals surface area (Å²) in [6.07, 6.45) is 33.1. The van der Waals surface area contributed by atoms with Gasteiger partial charge in [0.25, 0.3) is 0 Å². The number of carbonyl (C=O) groups excluding carboxylic acids is 1. The molecule has 0 heterocycles. The van der Waals surface area contributed by atoms with Crippen LogP contribution in [0.1, 0.15) is 213 Å². The normalized spacial score (nSPS) is 13.9. The summed E-state index contributed by atoms with van der Waals surface area (Å²) in [4.78, 5) is 46.6. The van der Waals surface area contributed by atoms with Gasteiger partial charge in [0.2, 0.25) is 0 Å². The lowest BCUT2D eigenvalue weighted by Gasteiger charge is -2.26. The van der Waals surface area contributed by atoms with Gasteiger partial charge in [0, 0.05) is 6.42 Å². The fourth-order valence-corrected chi connectivity index (χ4v) is 6.77. The molecule has 0 aliphatic heterocycles. The van der Waals surface area contributed by atoms with Gasteiger partial charge in [0.1, 0.15) is 6.10 Å². The van der Waals surface area contributed by atoms with Crippen molar-refractivity contribution in [2.24, 2.45) is 5.41 Å². The largest absolute Gasteiger partial charge is 0.481 e. The first-order valence-corrected chi connectivity index (χ1v) is 24.2. The summed E-state index contributed by atoms with van der Waals surface area (Å²) in [5, 5.41) is 28.2. The first-order chi connectivity index (χ1) is 30.9. The van der Waals surface area contributed by atoms with Crippen molar-refractivity contribution in [2.75, 3.05) is 0 Å². The van der Waals surface area contributed by atoms with Crippen molar-refractivity contribution in [2.45, 2.75) is 219 Å². The molecular formula is C58H92O8. The van der Waals surface area contributed by atoms with Crippen molar-refractivity contribution in [3.63, 3.8) is 0 Å². The molecule has 0 saturated heterocycles. The maximum atomic E-state index is 12.2. The van der Waals surface area contributed by atoms with Gasteiger partial charge in [-0.05, 0) is 193 Å². The number of hydrogen-bond acceptors (Lipinski definition) is 5. The summed E-state index contributed by atoms with van der Waals surface area (Å²) < 4.78 is 5.60.